The number of hydrogen-bond acceptors (Lipinski definition) is 3. The van der Waals surface area contributed by atoms with Crippen molar-refractivity contribution < 1.29 is 14.3 Å². The topological polar surface area (TPSA) is 61.9 Å². The van der Waals surface area contributed by atoms with Gasteiger partial charge in [-0.1, -0.05) is 6.58 Å². The summed E-state index contributed by atoms with van der Waals surface area (Å²) in [5, 5.41) is 2.81. The van der Waals surface area contributed by atoms with Gasteiger partial charge in [-0.15, -0.1) is 0 Å². The lowest BCUT2D eigenvalue weighted by Crippen LogP contribution is -2.57. The number of carbonyl (C=O) groups is 2. The number of ether oxygens (including phenoxy) is 1. The van der Waals surface area contributed by atoms with Gasteiger partial charge in [0.2, 0.25) is 5.91 Å². The molecule has 1 fully saturated rings. The Hall–Kier alpha value is -2.50. The van der Waals surface area contributed by atoms with Crippen LogP contribution in [0.4, 0.5) is 10.5 Å². The highest BCUT2D eigenvalue weighted by Crippen LogP contribution is 2.18. The van der Waals surface area contributed by atoms with Gasteiger partial charge < -0.3 is 19.9 Å². The summed E-state index contributed by atoms with van der Waals surface area (Å²) in [6, 6.07) is 6.40. The number of amides is 3. The second kappa shape index (κ2) is 7.17. The van der Waals surface area contributed by atoms with Crippen molar-refractivity contribution in [2.24, 2.45) is 0 Å². The molecule has 0 aliphatic carbocycles. The first kappa shape index (κ1) is 16.9. The lowest BCUT2D eigenvalue weighted by Gasteiger charge is -2.37. The van der Waals surface area contributed by atoms with E-state index in [1.807, 2.05) is 6.92 Å². The van der Waals surface area contributed by atoms with Crippen LogP contribution in [0.1, 0.15) is 13.8 Å². The monoisotopic (exact) mass is 317 g/mol. The third-order valence-corrected chi connectivity index (χ3v) is 3.73. The van der Waals surface area contributed by atoms with Crippen LogP contribution in [-0.4, -0.2) is 54.5 Å². The molecule has 0 unspecified atom stereocenters. The highest BCUT2D eigenvalue weighted by molar-refractivity contribution is 5.94. The molecule has 0 radical (unpaired) electrons. The molecule has 0 aromatic heterocycles. The predicted molar refractivity (Wildman–Crippen MR) is 89.6 cm³/mol. The van der Waals surface area contributed by atoms with Crippen LogP contribution in [0.2, 0.25) is 0 Å². The van der Waals surface area contributed by atoms with Crippen molar-refractivity contribution in [1.82, 2.24) is 9.80 Å². The highest BCUT2D eigenvalue weighted by atomic mass is 16.5. The van der Waals surface area contributed by atoms with Gasteiger partial charge in [-0.05, 0) is 43.7 Å². The van der Waals surface area contributed by atoms with Gasteiger partial charge in [-0.2, -0.15) is 0 Å². The molecular formula is C17H23N3O3. The number of likely N-dealkylation sites (N-methyl/N-ethyl adjacent to an activating group) is 1. The van der Waals surface area contributed by atoms with Gasteiger partial charge >= 0.3 is 6.03 Å². The van der Waals surface area contributed by atoms with Crippen LogP contribution in [0.3, 0.4) is 0 Å². The van der Waals surface area contributed by atoms with Crippen LogP contribution in [0, 0.1) is 0 Å². The fraction of sp³-hybridized carbons (Fsp3) is 0.412. The molecule has 6 heteroatoms. The molecular weight excluding hydrogens is 294 g/mol. The molecule has 1 N–H and O–H groups in total. The second-order valence-electron chi connectivity index (χ2n) is 5.83. The molecule has 0 spiro atoms. The summed E-state index contributed by atoms with van der Waals surface area (Å²) in [5.41, 5.74) is 1.60. The van der Waals surface area contributed by atoms with Crippen molar-refractivity contribution in [3.8, 4) is 5.75 Å². The van der Waals surface area contributed by atoms with E-state index in [9.17, 15) is 9.59 Å². The molecule has 1 aromatic rings. The summed E-state index contributed by atoms with van der Waals surface area (Å²) in [7, 11) is 1.75. The molecule has 1 aromatic carbocycles. The maximum atomic E-state index is 12.3. The molecule has 1 heterocycles. The average Bonchev–Trinajstić information content (AvgIpc) is 2.52. The Kier molecular flexibility index (Phi) is 5.26. The molecule has 1 atom stereocenters. The zero-order valence-electron chi connectivity index (χ0n) is 13.8. The Balaban J connectivity index is 1.95. The van der Waals surface area contributed by atoms with E-state index in [1.54, 1.807) is 48.0 Å². The minimum absolute atomic E-state index is 0.0463. The molecule has 1 saturated heterocycles. The SMILES string of the molecule is C=C(C)COc1ccc(NC(=O)N2CCN(C)C(=O)[C@H]2C)cc1. The lowest BCUT2D eigenvalue weighted by molar-refractivity contribution is -0.137. The van der Waals surface area contributed by atoms with Crippen LogP contribution in [0.25, 0.3) is 0 Å². The first-order valence-corrected chi connectivity index (χ1v) is 7.58. The molecule has 23 heavy (non-hydrogen) atoms. The van der Waals surface area contributed by atoms with Crippen molar-refractivity contribution in [3.63, 3.8) is 0 Å². The lowest BCUT2D eigenvalue weighted by atomic mass is 10.2. The number of nitrogens with zero attached hydrogens (tertiary/aromatic N) is 2. The van der Waals surface area contributed by atoms with Gasteiger partial charge in [-0.3, -0.25) is 4.79 Å². The minimum Gasteiger partial charge on any atom is -0.489 e. The number of nitrogens with one attached hydrogen (secondary N) is 1. The van der Waals surface area contributed by atoms with Crippen LogP contribution >= 0.6 is 0 Å². The van der Waals surface area contributed by atoms with Crippen molar-refractivity contribution >= 4 is 17.6 Å². The first-order chi connectivity index (χ1) is 10.9. The van der Waals surface area contributed by atoms with E-state index >= 15 is 0 Å². The minimum atomic E-state index is -0.452. The zero-order chi connectivity index (χ0) is 17.0. The molecule has 1 aliphatic heterocycles. The van der Waals surface area contributed by atoms with Crippen LogP contribution < -0.4 is 10.1 Å². The van der Waals surface area contributed by atoms with Gasteiger partial charge in [0.25, 0.3) is 0 Å². The number of urea groups is 1. The number of piperazine rings is 1. The van der Waals surface area contributed by atoms with E-state index in [4.69, 9.17) is 4.74 Å². The number of rotatable bonds is 4. The molecule has 0 bridgehead atoms. The fourth-order valence-electron chi connectivity index (χ4n) is 2.33. The summed E-state index contributed by atoms with van der Waals surface area (Å²) in [4.78, 5) is 27.5. The Morgan fingerprint density at radius 2 is 2.00 bits per heavy atom. The van der Waals surface area contributed by atoms with Crippen LogP contribution in [0.15, 0.2) is 36.4 Å². The van der Waals surface area contributed by atoms with Crippen molar-refractivity contribution in [1.29, 1.82) is 0 Å². The summed E-state index contributed by atoms with van der Waals surface area (Å²) in [6.07, 6.45) is 0. The molecule has 124 valence electrons. The van der Waals surface area contributed by atoms with E-state index in [-0.39, 0.29) is 11.9 Å². The van der Waals surface area contributed by atoms with Crippen LogP contribution in [-0.2, 0) is 4.79 Å². The Morgan fingerprint density at radius 3 is 2.61 bits per heavy atom. The van der Waals surface area contributed by atoms with Gasteiger partial charge in [-0.25, -0.2) is 4.79 Å². The van der Waals surface area contributed by atoms with Crippen molar-refractivity contribution in [2.75, 3.05) is 32.1 Å². The molecule has 6 nitrogen and oxygen atoms in total. The van der Waals surface area contributed by atoms with E-state index in [2.05, 4.69) is 11.9 Å². The van der Waals surface area contributed by atoms with E-state index in [0.717, 1.165) is 5.57 Å². The third kappa shape index (κ3) is 4.25. The average molecular weight is 317 g/mol. The molecule has 3 amide bonds. The van der Waals surface area contributed by atoms with Crippen molar-refractivity contribution in [2.45, 2.75) is 19.9 Å². The number of carbonyl (C=O) groups excluding carboxylic acids is 2. The van der Waals surface area contributed by atoms with E-state index in [0.29, 0.717) is 31.1 Å². The zero-order valence-corrected chi connectivity index (χ0v) is 13.8. The Labute approximate surface area is 136 Å². The molecule has 0 saturated carbocycles. The normalized spacial score (nSPS) is 17.9. The third-order valence-electron chi connectivity index (χ3n) is 3.73. The fourth-order valence-corrected chi connectivity index (χ4v) is 2.33. The maximum absolute atomic E-state index is 12.3. The van der Waals surface area contributed by atoms with E-state index in [1.165, 1.54) is 0 Å². The van der Waals surface area contributed by atoms with E-state index < -0.39 is 6.04 Å². The second-order valence-corrected chi connectivity index (χ2v) is 5.83. The summed E-state index contributed by atoms with van der Waals surface area (Å²) < 4.78 is 5.51. The molecule has 2 rings (SSSR count). The molecule has 1 aliphatic rings. The number of benzene rings is 1. The maximum Gasteiger partial charge on any atom is 0.322 e. The summed E-state index contributed by atoms with van der Waals surface area (Å²) in [5.74, 6) is 0.670. The van der Waals surface area contributed by atoms with Gasteiger partial charge in [0.1, 0.15) is 18.4 Å². The Morgan fingerprint density at radius 1 is 1.35 bits per heavy atom. The van der Waals surface area contributed by atoms with Gasteiger partial charge in [0.15, 0.2) is 0 Å². The first-order valence-electron chi connectivity index (χ1n) is 7.58. The smallest absolute Gasteiger partial charge is 0.322 e. The quantitative estimate of drug-likeness (QED) is 0.867. The Bertz CT molecular complexity index is 598. The van der Waals surface area contributed by atoms with Crippen molar-refractivity contribution in [3.05, 3.63) is 36.4 Å². The summed E-state index contributed by atoms with van der Waals surface area (Å²) >= 11 is 0. The number of anilines is 1. The largest absolute Gasteiger partial charge is 0.489 e. The highest BCUT2D eigenvalue weighted by Gasteiger charge is 2.32. The number of hydrogen-bond donors (Lipinski definition) is 1. The predicted octanol–water partition coefficient (Wildman–Crippen LogP) is 2.34. The standard InChI is InChI=1S/C17H23N3O3/c1-12(2)11-23-15-7-5-14(6-8-15)18-17(22)20-10-9-19(4)16(21)13(20)3/h5-8,13H,1,9-11H2,2-4H3,(H,18,22)/t13-/m1/s1. The van der Waals surface area contributed by atoms with Crippen LogP contribution in [0.5, 0.6) is 5.75 Å². The van der Waals surface area contributed by atoms with Gasteiger partial charge in [0, 0.05) is 25.8 Å². The summed E-state index contributed by atoms with van der Waals surface area (Å²) in [6.45, 7) is 8.95. The van der Waals surface area contributed by atoms with Gasteiger partial charge in [0.05, 0.1) is 0 Å².